The molecule has 0 amide bonds. The molecule has 0 aromatic heterocycles. The van der Waals surface area contributed by atoms with Gasteiger partial charge in [0.2, 0.25) is 0 Å². The molecule has 148 valence electrons. The highest BCUT2D eigenvalue weighted by Crippen LogP contribution is 2.36. The van der Waals surface area contributed by atoms with Gasteiger partial charge in [0.1, 0.15) is 0 Å². The van der Waals surface area contributed by atoms with Crippen molar-refractivity contribution in [1.29, 1.82) is 0 Å². The Morgan fingerprint density at radius 2 is 1.08 bits per heavy atom. The number of hydrogen-bond donors (Lipinski definition) is 2. The molecule has 0 aromatic carbocycles. The summed E-state index contributed by atoms with van der Waals surface area (Å²) in [4.78, 5) is 0. The maximum absolute atomic E-state index is 10.3. The van der Waals surface area contributed by atoms with E-state index in [9.17, 15) is 10.2 Å². The van der Waals surface area contributed by atoms with Crippen molar-refractivity contribution in [2.75, 3.05) is 13.2 Å². The van der Waals surface area contributed by atoms with Crippen molar-refractivity contribution in [3.05, 3.63) is 0 Å². The molecule has 0 radical (unpaired) electrons. The van der Waals surface area contributed by atoms with Crippen molar-refractivity contribution < 1.29 is 14.9 Å². The lowest BCUT2D eigenvalue weighted by molar-refractivity contribution is -0.0196. The monoisotopic (exact) mass is 434 g/mol. The smallest absolute Gasteiger partial charge is 0.0940 e. The second-order valence-electron chi connectivity index (χ2n) is 7.49. The van der Waals surface area contributed by atoms with Gasteiger partial charge in [0.15, 0.2) is 0 Å². The maximum Gasteiger partial charge on any atom is 0.0940 e. The van der Waals surface area contributed by atoms with Crippen molar-refractivity contribution >= 4 is 46.4 Å². The van der Waals surface area contributed by atoms with Gasteiger partial charge < -0.3 is 14.9 Å². The minimum atomic E-state index is -0.803. The van der Waals surface area contributed by atoms with Gasteiger partial charge in [-0.3, -0.25) is 0 Å². The summed E-state index contributed by atoms with van der Waals surface area (Å²) < 4.78 is 5.50. The topological polar surface area (TPSA) is 49.7 Å². The van der Waals surface area contributed by atoms with Crippen molar-refractivity contribution in [2.45, 2.75) is 85.1 Å². The highest BCUT2D eigenvalue weighted by Gasteiger charge is 2.35. The highest BCUT2D eigenvalue weighted by atomic mass is 35.5. The molecule has 2 saturated carbocycles. The molecule has 0 heterocycles. The van der Waals surface area contributed by atoms with E-state index in [1.165, 1.54) is 0 Å². The Morgan fingerprint density at radius 1 is 0.720 bits per heavy atom. The van der Waals surface area contributed by atoms with E-state index in [2.05, 4.69) is 0 Å². The minimum absolute atomic E-state index is 0.00988. The van der Waals surface area contributed by atoms with Crippen LogP contribution in [0, 0.1) is 11.8 Å². The first kappa shape index (κ1) is 22.3. The molecule has 2 N–H and O–H groups in total. The van der Waals surface area contributed by atoms with Crippen molar-refractivity contribution in [3.63, 3.8) is 0 Å². The molecule has 25 heavy (non-hydrogen) atoms. The molecule has 2 fully saturated rings. The molecule has 2 aliphatic carbocycles. The third-order valence-electron chi connectivity index (χ3n) is 5.59. The van der Waals surface area contributed by atoms with Crippen LogP contribution in [0.2, 0.25) is 0 Å². The molecule has 7 heteroatoms. The Labute approximate surface area is 171 Å². The third kappa shape index (κ3) is 6.55. The van der Waals surface area contributed by atoms with Crippen LogP contribution in [0.15, 0.2) is 0 Å². The Morgan fingerprint density at radius 3 is 1.44 bits per heavy atom. The number of halogens is 4. The van der Waals surface area contributed by atoms with Gasteiger partial charge in [-0.2, -0.15) is 0 Å². The zero-order valence-corrected chi connectivity index (χ0v) is 17.5. The molecule has 8 unspecified atom stereocenters. The van der Waals surface area contributed by atoms with Crippen LogP contribution >= 0.6 is 46.4 Å². The van der Waals surface area contributed by atoms with Gasteiger partial charge in [0.05, 0.1) is 36.2 Å². The van der Waals surface area contributed by atoms with Crippen molar-refractivity contribution in [2.24, 2.45) is 11.8 Å². The summed E-state index contributed by atoms with van der Waals surface area (Å²) in [6.45, 7) is 0.147. The average molecular weight is 436 g/mol. The van der Waals surface area contributed by atoms with E-state index in [1.807, 2.05) is 0 Å². The SMILES string of the molecule is OC(COCC(O)C(Cl)C1CCCCC1Cl)C(Cl)C1CCCCC1Cl. The fourth-order valence-electron chi connectivity index (χ4n) is 4.01. The summed E-state index contributed by atoms with van der Waals surface area (Å²) in [6.07, 6.45) is 6.57. The van der Waals surface area contributed by atoms with Gasteiger partial charge in [-0.15, -0.1) is 46.4 Å². The van der Waals surface area contributed by atoms with Crippen molar-refractivity contribution in [3.8, 4) is 0 Å². The lowest BCUT2D eigenvalue weighted by atomic mass is 9.84. The molecule has 0 aliphatic heterocycles. The van der Waals surface area contributed by atoms with Gasteiger partial charge in [0.25, 0.3) is 0 Å². The van der Waals surface area contributed by atoms with Crippen LogP contribution in [0.1, 0.15) is 51.4 Å². The molecule has 0 saturated heterocycles. The minimum Gasteiger partial charge on any atom is -0.389 e. The van der Waals surface area contributed by atoms with Crippen LogP contribution in [-0.2, 0) is 4.74 Å². The van der Waals surface area contributed by atoms with Gasteiger partial charge in [-0.25, -0.2) is 0 Å². The summed E-state index contributed by atoms with van der Waals surface area (Å²) in [6, 6.07) is 0. The number of rotatable bonds is 8. The standard InChI is InChI=1S/C18H30Cl4O3/c19-13-7-3-1-5-11(13)17(21)15(23)9-25-10-16(24)18(22)12-6-2-4-8-14(12)20/h11-18,23-24H,1-10H2. The zero-order chi connectivity index (χ0) is 18.4. The summed E-state index contributed by atoms with van der Waals surface area (Å²) >= 11 is 25.5. The molecular formula is C18H30Cl4O3. The predicted molar refractivity (Wildman–Crippen MR) is 105 cm³/mol. The number of ether oxygens (including phenoxy) is 1. The first-order valence-electron chi connectivity index (χ1n) is 9.42. The van der Waals surface area contributed by atoms with Crippen LogP contribution in [0.5, 0.6) is 0 Å². The zero-order valence-electron chi connectivity index (χ0n) is 14.5. The second-order valence-corrected chi connectivity index (χ2v) is 9.62. The van der Waals surface area contributed by atoms with E-state index in [0.717, 1.165) is 51.4 Å². The first-order valence-corrected chi connectivity index (χ1v) is 11.2. The second kappa shape index (κ2) is 11.1. The number of alkyl halides is 4. The Hall–Kier alpha value is 1.04. The van der Waals surface area contributed by atoms with Crippen LogP contribution < -0.4 is 0 Å². The van der Waals surface area contributed by atoms with Crippen LogP contribution in [0.25, 0.3) is 0 Å². The Balaban J connectivity index is 1.71. The van der Waals surface area contributed by atoms with Crippen LogP contribution in [0.3, 0.4) is 0 Å². The lowest BCUT2D eigenvalue weighted by Gasteiger charge is -2.34. The largest absolute Gasteiger partial charge is 0.389 e. The predicted octanol–water partition coefficient (Wildman–Crippen LogP) is 4.53. The van der Waals surface area contributed by atoms with Gasteiger partial charge in [-0.05, 0) is 37.5 Å². The molecule has 0 bridgehead atoms. The molecule has 2 rings (SSSR count). The first-order chi connectivity index (χ1) is 11.9. The lowest BCUT2D eigenvalue weighted by Crippen LogP contribution is -2.41. The van der Waals surface area contributed by atoms with E-state index in [0.29, 0.717) is 0 Å². The molecule has 2 aliphatic rings. The maximum atomic E-state index is 10.3. The molecular weight excluding hydrogens is 406 g/mol. The summed E-state index contributed by atoms with van der Waals surface area (Å²) in [5.74, 6) is 0.196. The van der Waals surface area contributed by atoms with Gasteiger partial charge >= 0.3 is 0 Å². The average Bonchev–Trinajstić information content (AvgIpc) is 2.61. The van der Waals surface area contributed by atoms with Gasteiger partial charge in [-0.1, -0.05) is 25.7 Å². The van der Waals surface area contributed by atoms with E-state index >= 15 is 0 Å². The van der Waals surface area contributed by atoms with Gasteiger partial charge in [0, 0.05) is 10.8 Å². The Kier molecular flexibility index (Phi) is 9.95. The number of aliphatic hydroxyl groups excluding tert-OH is 2. The molecule has 8 atom stereocenters. The van der Waals surface area contributed by atoms with E-state index in [1.54, 1.807) is 0 Å². The van der Waals surface area contributed by atoms with E-state index in [4.69, 9.17) is 51.1 Å². The fraction of sp³-hybridized carbons (Fsp3) is 1.00. The number of aliphatic hydroxyl groups is 2. The quantitative estimate of drug-likeness (QED) is 0.550. The normalized spacial score (nSPS) is 35.8. The summed E-state index contributed by atoms with van der Waals surface area (Å²) in [5, 5.41) is 19.7. The van der Waals surface area contributed by atoms with E-state index < -0.39 is 23.0 Å². The number of hydrogen-bond acceptors (Lipinski definition) is 3. The van der Waals surface area contributed by atoms with E-state index in [-0.39, 0.29) is 35.8 Å². The van der Waals surface area contributed by atoms with Crippen molar-refractivity contribution in [1.82, 2.24) is 0 Å². The van der Waals surface area contributed by atoms with Crippen LogP contribution in [0.4, 0.5) is 0 Å². The summed E-state index contributed by atoms with van der Waals surface area (Å²) in [7, 11) is 0. The summed E-state index contributed by atoms with van der Waals surface area (Å²) in [5.41, 5.74) is 0. The third-order valence-corrected chi connectivity index (χ3v) is 7.91. The fourth-order valence-corrected chi connectivity index (χ4v) is 5.78. The molecule has 0 aromatic rings. The van der Waals surface area contributed by atoms with Crippen LogP contribution in [-0.4, -0.2) is 57.1 Å². The Bertz CT molecular complexity index is 353. The highest BCUT2D eigenvalue weighted by molar-refractivity contribution is 6.24. The molecule has 0 spiro atoms. The molecule has 3 nitrogen and oxygen atoms in total.